The Balaban J connectivity index is 1.98. The molecule has 0 saturated heterocycles. The van der Waals surface area contributed by atoms with Gasteiger partial charge in [-0.25, -0.2) is 0 Å². The molecule has 178 valence electrons. The van der Waals surface area contributed by atoms with Crippen molar-refractivity contribution in [3.8, 4) is 0 Å². The van der Waals surface area contributed by atoms with E-state index in [2.05, 4.69) is 30.9 Å². The number of halogens is 3. The largest absolute Gasteiger partial charge is 0.416 e. The second-order valence-corrected chi connectivity index (χ2v) is 7.05. The van der Waals surface area contributed by atoms with Gasteiger partial charge in [-0.3, -0.25) is 0 Å². The molecule has 0 aliphatic heterocycles. The Morgan fingerprint density at radius 3 is 2.19 bits per heavy atom. The van der Waals surface area contributed by atoms with Crippen LogP contribution >= 0.6 is 0 Å². The van der Waals surface area contributed by atoms with Crippen molar-refractivity contribution < 1.29 is 22.6 Å². The highest BCUT2D eigenvalue weighted by Gasteiger charge is 2.32. The van der Waals surface area contributed by atoms with E-state index in [0.717, 1.165) is 6.07 Å². The lowest BCUT2D eigenvalue weighted by atomic mass is 10.1. The van der Waals surface area contributed by atoms with Crippen molar-refractivity contribution in [1.82, 2.24) is 15.0 Å². The lowest BCUT2D eigenvalue weighted by Gasteiger charge is -2.15. The van der Waals surface area contributed by atoms with Crippen molar-refractivity contribution in [2.75, 3.05) is 55.5 Å². The summed E-state index contributed by atoms with van der Waals surface area (Å²) in [7, 11) is 0. The topological polar surface area (TPSA) is 119 Å². The van der Waals surface area contributed by atoms with E-state index in [1.54, 1.807) is 6.07 Å². The lowest BCUT2D eigenvalue weighted by Crippen LogP contribution is -2.19. The first-order valence-corrected chi connectivity index (χ1v) is 10.3. The lowest BCUT2D eigenvalue weighted by molar-refractivity contribution is -0.138. The van der Waals surface area contributed by atoms with Gasteiger partial charge in [0.25, 0.3) is 0 Å². The Kier molecular flexibility index (Phi) is 10.4. The summed E-state index contributed by atoms with van der Waals surface area (Å²) in [4.78, 5) is 12.8. The monoisotopic (exact) mass is 457 g/mol. The van der Waals surface area contributed by atoms with Crippen LogP contribution in [0.15, 0.2) is 24.3 Å². The van der Waals surface area contributed by atoms with Gasteiger partial charge >= 0.3 is 6.18 Å². The van der Waals surface area contributed by atoms with Gasteiger partial charge in [-0.1, -0.05) is 18.2 Å². The number of nitrogens with two attached hydrogens (primary N) is 1. The minimum atomic E-state index is -4.44. The van der Waals surface area contributed by atoms with Gasteiger partial charge in [-0.2, -0.15) is 28.1 Å². The molecule has 1 aromatic carbocycles. The van der Waals surface area contributed by atoms with Crippen LogP contribution in [-0.2, 0) is 22.2 Å². The van der Waals surface area contributed by atoms with Crippen molar-refractivity contribution in [1.29, 1.82) is 0 Å². The van der Waals surface area contributed by atoms with E-state index in [0.29, 0.717) is 45.5 Å². The molecule has 0 aliphatic rings. The zero-order valence-corrected chi connectivity index (χ0v) is 18.2. The number of alkyl halides is 3. The average Bonchev–Trinajstić information content (AvgIpc) is 2.73. The predicted octanol–water partition coefficient (Wildman–Crippen LogP) is 2.73. The normalized spacial score (nSPS) is 11.6. The maximum absolute atomic E-state index is 13.2. The van der Waals surface area contributed by atoms with Gasteiger partial charge in [-0.05, 0) is 25.5 Å². The summed E-state index contributed by atoms with van der Waals surface area (Å²) in [5.74, 6) is 0.733. The molecule has 1 heterocycles. The quantitative estimate of drug-likeness (QED) is 0.318. The molecule has 0 fully saturated rings. The summed E-state index contributed by atoms with van der Waals surface area (Å²) in [5.41, 5.74) is 4.73. The van der Waals surface area contributed by atoms with Crippen molar-refractivity contribution in [2.45, 2.75) is 32.6 Å². The molecule has 1 aromatic heterocycles. The van der Waals surface area contributed by atoms with E-state index in [9.17, 15) is 13.2 Å². The van der Waals surface area contributed by atoms with Crippen molar-refractivity contribution in [3.63, 3.8) is 0 Å². The molecule has 0 bridgehead atoms. The summed E-state index contributed by atoms with van der Waals surface area (Å²) in [6.45, 7) is 6.42. The molecule has 0 spiro atoms. The van der Waals surface area contributed by atoms with Crippen molar-refractivity contribution in [3.05, 3.63) is 35.4 Å². The van der Waals surface area contributed by atoms with Crippen LogP contribution in [-0.4, -0.2) is 60.5 Å². The molecule has 2 rings (SSSR count). The van der Waals surface area contributed by atoms with Crippen LogP contribution in [0.4, 0.5) is 31.0 Å². The van der Waals surface area contributed by atoms with Gasteiger partial charge in [0.15, 0.2) is 0 Å². The molecular weight excluding hydrogens is 427 g/mol. The van der Waals surface area contributed by atoms with Gasteiger partial charge in [0.05, 0.1) is 32.0 Å². The number of anilines is 3. The maximum Gasteiger partial charge on any atom is 0.416 e. The number of rotatable bonds is 14. The third-order valence-corrected chi connectivity index (χ3v) is 3.98. The fourth-order valence-electron chi connectivity index (χ4n) is 2.62. The number of ether oxygens (including phenoxy) is 2. The van der Waals surface area contributed by atoms with Gasteiger partial charge in [0.1, 0.15) is 0 Å². The molecule has 9 nitrogen and oxygen atoms in total. The van der Waals surface area contributed by atoms with Crippen LogP contribution in [0.3, 0.4) is 0 Å². The highest BCUT2D eigenvalue weighted by Crippen LogP contribution is 2.32. The van der Waals surface area contributed by atoms with Crippen LogP contribution in [0.2, 0.25) is 0 Å². The maximum atomic E-state index is 13.2. The third-order valence-electron chi connectivity index (χ3n) is 3.98. The Morgan fingerprint density at radius 1 is 0.906 bits per heavy atom. The first-order valence-electron chi connectivity index (χ1n) is 10.3. The molecule has 32 heavy (non-hydrogen) atoms. The van der Waals surface area contributed by atoms with Gasteiger partial charge in [0, 0.05) is 25.7 Å². The van der Waals surface area contributed by atoms with Gasteiger partial charge < -0.3 is 31.2 Å². The Hall–Kier alpha value is -2.70. The molecule has 0 aliphatic carbocycles. The number of hydrogen-bond acceptors (Lipinski definition) is 9. The number of nitrogens with zero attached hydrogens (tertiary/aromatic N) is 3. The summed E-state index contributed by atoms with van der Waals surface area (Å²) in [6.07, 6.45) is -4.44. The Morgan fingerprint density at radius 2 is 1.53 bits per heavy atom. The smallest absolute Gasteiger partial charge is 0.378 e. The van der Waals surface area contributed by atoms with E-state index in [-0.39, 0.29) is 30.0 Å². The zero-order valence-electron chi connectivity index (χ0n) is 18.2. The van der Waals surface area contributed by atoms with E-state index in [1.807, 2.05) is 13.8 Å². The van der Waals surface area contributed by atoms with Crippen molar-refractivity contribution >= 4 is 17.8 Å². The van der Waals surface area contributed by atoms with E-state index >= 15 is 0 Å². The van der Waals surface area contributed by atoms with Crippen LogP contribution < -0.4 is 21.7 Å². The number of nitrogens with one attached hydrogen (secondary N) is 3. The Labute approximate surface area is 185 Å². The minimum Gasteiger partial charge on any atom is -0.378 e. The molecule has 12 heteroatoms. The number of benzene rings is 1. The molecule has 0 radical (unpaired) electrons. The summed E-state index contributed by atoms with van der Waals surface area (Å²) >= 11 is 0. The second-order valence-electron chi connectivity index (χ2n) is 7.05. The molecule has 0 unspecified atom stereocenters. The molecule has 0 amide bonds. The fraction of sp³-hybridized carbons (Fsp3) is 0.550. The molecule has 0 atom stereocenters. The van der Waals surface area contributed by atoms with Crippen LogP contribution in [0.5, 0.6) is 0 Å². The molecule has 0 saturated carbocycles. The standard InChI is InChI=1S/C20H30F3N7O2/c1-14(2)27-19-29-17(25-8-10-32-12-11-31-9-7-24)28-18(30-19)26-13-15-5-3-4-6-16(15)20(21,22)23/h3-6,14H,7-13,24H2,1-2H3,(H3,25,26,27,28,29,30). The summed E-state index contributed by atoms with van der Waals surface area (Å²) in [5, 5.41) is 8.95. The fourth-order valence-corrected chi connectivity index (χ4v) is 2.62. The van der Waals surface area contributed by atoms with Crippen molar-refractivity contribution in [2.24, 2.45) is 5.73 Å². The van der Waals surface area contributed by atoms with Crippen LogP contribution in [0.25, 0.3) is 0 Å². The zero-order chi connectivity index (χ0) is 23.4. The minimum absolute atomic E-state index is 0.0564. The van der Waals surface area contributed by atoms with E-state index in [4.69, 9.17) is 15.2 Å². The second kappa shape index (κ2) is 13.0. The molecular formula is C20H30F3N7O2. The average molecular weight is 458 g/mol. The SMILES string of the molecule is CC(C)Nc1nc(NCCOCCOCCN)nc(NCc2ccccc2C(F)(F)F)n1. The highest BCUT2D eigenvalue weighted by atomic mass is 19.4. The predicted molar refractivity (Wildman–Crippen MR) is 117 cm³/mol. The van der Waals surface area contributed by atoms with E-state index in [1.165, 1.54) is 12.1 Å². The first kappa shape index (κ1) is 25.6. The number of hydrogen-bond donors (Lipinski definition) is 4. The highest BCUT2D eigenvalue weighted by molar-refractivity contribution is 5.43. The van der Waals surface area contributed by atoms with Crippen LogP contribution in [0.1, 0.15) is 25.0 Å². The molecule has 2 aromatic rings. The molecule has 5 N–H and O–H groups in total. The summed E-state index contributed by atoms with van der Waals surface area (Å²) in [6, 6.07) is 5.43. The first-order chi connectivity index (χ1) is 15.3. The Bertz CT molecular complexity index is 822. The van der Waals surface area contributed by atoms with Crippen LogP contribution in [0, 0.1) is 0 Å². The number of aromatic nitrogens is 3. The summed E-state index contributed by atoms with van der Waals surface area (Å²) < 4.78 is 50.3. The van der Waals surface area contributed by atoms with E-state index < -0.39 is 11.7 Å². The van der Waals surface area contributed by atoms with Gasteiger partial charge in [-0.15, -0.1) is 0 Å². The van der Waals surface area contributed by atoms with Gasteiger partial charge in [0.2, 0.25) is 17.8 Å². The third kappa shape index (κ3) is 9.20.